The van der Waals surface area contributed by atoms with Crippen molar-refractivity contribution < 1.29 is 0 Å². The van der Waals surface area contributed by atoms with Crippen LogP contribution in [0.15, 0.2) is 0 Å². The molecular weight excluding hydrogens is 238 g/mol. The van der Waals surface area contributed by atoms with Crippen LogP contribution in [0.2, 0.25) is 0 Å². The molecule has 0 unspecified atom stereocenters. The molecule has 2 aliphatic rings. The average molecular weight is 269 g/mol. The summed E-state index contributed by atoms with van der Waals surface area (Å²) in [5, 5.41) is 0. The van der Waals surface area contributed by atoms with E-state index < -0.39 is 0 Å². The predicted molar refractivity (Wildman–Crippen MR) is 83.5 cm³/mol. The normalized spacial score (nSPS) is 27.2. The zero-order valence-corrected chi connectivity index (χ0v) is 12.9. The Morgan fingerprint density at radius 3 is 1.78 bits per heavy atom. The summed E-state index contributed by atoms with van der Waals surface area (Å²) in [6.07, 6.45) is 15.8. The monoisotopic (exact) mass is 269 g/mol. The molecule has 1 saturated heterocycles. The third-order valence-corrected chi connectivity index (χ3v) is 5.68. The zero-order valence-electron chi connectivity index (χ0n) is 12.0. The highest BCUT2D eigenvalue weighted by Gasteiger charge is 2.31. The van der Waals surface area contributed by atoms with E-state index in [0.29, 0.717) is 5.41 Å². The lowest BCUT2D eigenvalue weighted by atomic mass is 9.81. The highest BCUT2D eigenvalue weighted by molar-refractivity contribution is 7.80. The van der Waals surface area contributed by atoms with Gasteiger partial charge in [0.1, 0.15) is 0 Å². The molecule has 2 rings (SSSR count). The van der Waals surface area contributed by atoms with Crippen LogP contribution in [0.4, 0.5) is 0 Å². The fraction of sp³-hybridized carbons (Fsp3) is 1.00. The maximum Gasteiger partial charge on any atom is 0.00458 e. The van der Waals surface area contributed by atoms with Gasteiger partial charge in [-0.2, -0.15) is 12.6 Å². The second kappa shape index (κ2) is 7.79. The van der Waals surface area contributed by atoms with E-state index in [1.165, 1.54) is 90.3 Å². The van der Waals surface area contributed by atoms with Crippen molar-refractivity contribution in [3.8, 4) is 0 Å². The van der Waals surface area contributed by atoms with Gasteiger partial charge in [0, 0.05) is 6.54 Å². The first kappa shape index (κ1) is 14.7. The van der Waals surface area contributed by atoms with Gasteiger partial charge in [-0.1, -0.05) is 44.9 Å². The SMILES string of the molecule is SCC1(CN2CCCCCCC2)CCCCCC1. The zero-order chi connectivity index (χ0) is 12.7. The first-order valence-corrected chi connectivity index (χ1v) is 8.81. The summed E-state index contributed by atoms with van der Waals surface area (Å²) in [5.41, 5.74) is 0.540. The van der Waals surface area contributed by atoms with Crippen molar-refractivity contribution in [3.05, 3.63) is 0 Å². The van der Waals surface area contributed by atoms with E-state index >= 15 is 0 Å². The molecule has 1 aliphatic carbocycles. The van der Waals surface area contributed by atoms with Crippen LogP contribution in [0.25, 0.3) is 0 Å². The summed E-state index contributed by atoms with van der Waals surface area (Å²) in [7, 11) is 0. The lowest BCUT2D eigenvalue weighted by molar-refractivity contribution is 0.141. The third kappa shape index (κ3) is 4.45. The number of thiol groups is 1. The Balaban J connectivity index is 1.90. The highest BCUT2D eigenvalue weighted by Crippen LogP contribution is 2.37. The fourth-order valence-electron chi connectivity index (χ4n) is 3.79. The highest BCUT2D eigenvalue weighted by atomic mass is 32.1. The van der Waals surface area contributed by atoms with Crippen molar-refractivity contribution in [2.24, 2.45) is 5.41 Å². The van der Waals surface area contributed by atoms with Crippen molar-refractivity contribution in [1.29, 1.82) is 0 Å². The smallest absolute Gasteiger partial charge is 0.00458 e. The van der Waals surface area contributed by atoms with E-state index in [0.717, 1.165) is 5.75 Å². The van der Waals surface area contributed by atoms with Gasteiger partial charge in [0.25, 0.3) is 0 Å². The van der Waals surface area contributed by atoms with Gasteiger partial charge in [-0.05, 0) is 49.9 Å². The second-order valence-corrected chi connectivity index (χ2v) is 6.93. The Morgan fingerprint density at radius 2 is 1.22 bits per heavy atom. The van der Waals surface area contributed by atoms with Crippen LogP contribution in [-0.2, 0) is 0 Å². The molecule has 0 aromatic heterocycles. The molecule has 0 amide bonds. The molecule has 18 heavy (non-hydrogen) atoms. The van der Waals surface area contributed by atoms with E-state index in [1.54, 1.807) is 0 Å². The topological polar surface area (TPSA) is 3.24 Å². The van der Waals surface area contributed by atoms with Crippen LogP contribution in [0, 0.1) is 5.41 Å². The average Bonchev–Trinajstić information content (AvgIpc) is 2.59. The molecule has 0 aromatic carbocycles. The van der Waals surface area contributed by atoms with Crippen LogP contribution < -0.4 is 0 Å². The quantitative estimate of drug-likeness (QED) is 0.582. The third-order valence-electron chi connectivity index (χ3n) is 5.01. The minimum absolute atomic E-state index is 0.540. The first-order chi connectivity index (χ1) is 8.85. The molecule has 0 bridgehead atoms. The van der Waals surface area contributed by atoms with Crippen LogP contribution in [0.1, 0.15) is 70.6 Å². The lowest BCUT2D eigenvalue weighted by Crippen LogP contribution is -2.40. The molecule has 1 aliphatic heterocycles. The van der Waals surface area contributed by atoms with E-state index in [2.05, 4.69) is 4.90 Å². The van der Waals surface area contributed by atoms with Crippen LogP contribution in [0.5, 0.6) is 0 Å². The summed E-state index contributed by atoms with van der Waals surface area (Å²) in [4.78, 5) is 2.76. The Morgan fingerprint density at radius 1 is 0.722 bits per heavy atom. The van der Waals surface area contributed by atoms with Gasteiger partial charge in [-0.25, -0.2) is 0 Å². The van der Waals surface area contributed by atoms with E-state index in [1.807, 2.05) is 0 Å². The van der Waals surface area contributed by atoms with Gasteiger partial charge in [-0.15, -0.1) is 0 Å². The molecule has 1 nitrogen and oxygen atoms in total. The van der Waals surface area contributed by atoms with Crippen molar-refractivity contribution in [3.63, 3.8) is 0 Å². The number of hydrogen-bond acceptors (Lipinski definition) is 2. The van der Waals surface area contributed by atoms with Crippen molar-refractivity contribution in [2.45, 2.75) is 70.6 Å². The fourth-order valence-corrected chi connectivity index (χ4v) is 4.21. The molecule has 0 aromatic rings. The Hall–Kier alpha value is 0.310. The molecule has 0 atom stereocenters. The molecule has 2 fully saturated rings. The molecular formula is C16H31NS. The van der Waals surface area contributed by atoms with Crippen LogP contribution in [0.3, 0.4) is 0 Å². The van der Waals surface area contributed by atoms with E-state index in [4.69, 9.17) is 12.6 Å². The largest absolute Gasteiger partial charge is 0.303 e. The molecule has 0 radical (unpaired) electrons. The van der Waals surface area contributed by atoms with Crippen molar-refractivity contribution in [1.82, 2.24) is 4.90 Å². The van der Waals surface area contributed by atoms with Gasteiger partial charge < -0.3 is 4.90 Å². The maximum atomic E-state index is 4.72. The number of hydrogen-bond donors (Lipinski definition) is 1. The second-order valence-electron chi connectivity index (χ2n) is 6.62. The Kier molecular flexibility index (Phi) is 6.37. The summed E-state index contributed by atoms with van der Waals surface area (Å²) in [6, 6.07) is 0. The Labute approximate surface area is 119 Å². The minimum Gasteiger partial charge on any atom is -0.303 e. The van der Waals surface area contributed by atoms with E-state index in [-0.39, 0.29) is 0 Å². The molecule has 106 valence electrons. The van der Waals surface area contributed by atoms with Crippen LogP contribution in [-0.4, -0.2) is 30.3 Å². The van der Waals surface area contributed by atoms with Crippen molar-refractivity contribution in [2.75, 3.05) is 25.4 Å². The van der Waals surface area contributed by atoms with Gasteiger partial charge in [0.15, 0.2) is 0 Å². The Bertz CT molecular complexity index is 213. The standard InChI is InChI=1S/C16H31NS/c18-15-16(10-6-2-3-7-11-16)14-17-12-8-4-1-5-9-13-17/h18H,1-15H2. The summed E-state index contributed by atoms with van der Waals surface area (Å²) >= 11 is 4.72. The van der Waals surface area contributed by atoms with Gasteiger partial charge in [-0.3, -0.25) is 0 Å². The van der Waals surface area contributed by atoms with E-state index in [9.17, 15) is 0 Å². The number of likely N-dealkylation sites (tertiary alicyclic amines) is 1. The van der Waals surface area contributed by atoms with Gasteiger partial charge >= 0.3 is 0 Å². The number of nitrogens with zero attached hydrogens (tertiary/aromatic N) is 1. The molecule has 0 N–H and O–H groups in total. The first-order valence-electron chi connectivity index (χ1n) is 8.18. The maximum absolute atomic E-state index is 4.72. The molecule has 0 spiro atoms. The summed E-state index contributed by atoms with van der Waals surface area (Å²) < 4.78 is 0. The van der Waals surface area contributed by atoms with Crippen LogP contribution >= 0.6 is 12.6 Å². The molecule has 1 saturated carbocycles. The molecule has 1 heterocycles. The summed E-state index contributed by atoms with van der Waals surface area (Å²) in [6.45, 7) is 4.02. The molecule has 2 heteroatoms. The summed E-state index contributed by atoms with van der Waals surface area (Å²) in [5.74, 6) is 1.10. The minimum atomic E-state index is 0.540. The number of rotatable bonds is 3. The predicted octanol–water partition coefficient (Wildman–Crippen LogP) is 4.52. The lowest BCUT2D eigenvalue weighted by Gasteiger charge is -2.37. The van der Waals surface area contributed by atoms with Gasteiger partial charge in [0.05, 0.1) is 0 Å². The van der Waals surface area contributed by atoms with Crippen molar-refractivity contribution >= 4 is 12.6 Å². The van der Waals surface area contributed by atoms with Gasteiger partial charge in [0.2, 0.25) is 0 Å².